The number of nitrogens with zero attached hydrogens (tertiary/aromatic N) is 1. The van der Waals surface area contributed by atoms with Crippen LogP contribution < -0.4 is 5.32 Å². The van der Waals surface area contributed by atoms with Crippen LogP contribution in [0.2, 0.25) is 0 Å². The molecule has 1 N–H and O–H groups in total. The summed E-state index contributed by atoms with van der Waals surface area (Å²) in [6.07, 6.45) is 3.65. The summed E-state index contributed by atoms with van der Waals surface area (Å²) in [6, 6.07) is 10.1. The normalized spacial score (nSPS) is 30.2. The largest absolute Gasteiger partial charge is 0.380 e. The number of nitrogens with one attached hydrogen (secondary N) is 1. The predicted molar refractivity (Wildman–Crippen MR) is 81.7 cm³/mol. The summed E-state index contributed by atoms with van der Waals surface area (Å²) in [7, 11) is -2.92. The lowest BCUT2D eigenvalue weighted by atomic mass is 10.0. The van der Waals surface area contributed by atoms with Gasteiger partial charge in [0.1, 0.15) is 0 Å². The van der Waals surface area contributed by atoms with E-state index >= 15 is 0 Å². The second-order valence-electron chi connectivity index (χ2n) is 5.86. The highest BCUT2D eigenvalue weighted by atomic mass is 32.2. The van der Waals surface area contributed by atoms with Crippen LogP contribution in [0, 0.1) is 0 Å². The minimum atomic E-state index is -2.92. The number of hydrogen-bond donors (Lipinski definition) is 1. The molecule has 0 saturated carbocycles. The molecule has 2 heterocycles. The fourth-order valence-corrected chi connectivity index (χ4v) is 5.28. The predicted octanol–water partition coefficient (Wildman–Crippen LogP) is 1.75. The summed E-state index contributed by atoms with van der Waals surface area (Å²) in [6.45, 7) is 2.07. The van der Waals surface area contributed by atoms with E-state index in [0.29, 0.717) is 5.75 Å². The zero-order chi connectivity index (χ0) is 14.0. The zero-order valence-electron chi connectivity index (χ0n) is 11.7. The molecule has 20 heavy (non-hydrogen) atoms. The Hall–Kier alpha value is -1.07. The number of sulfone groups is 1. The summed E-state index contributed by atoms with van der Waals surface area (Å²) in [5, 5.41) is 3.42. The van der Waals surface area contributed by atoms with E-state index in [0.717, 1.165) is 18.8 Å². The SMILES string of the molecule is O=S1(=O)C[C@@H](Nc2ccccc2)[C@@H](N2CCCCC2)C1. The van der Waals surface area contributed by atoms with E-state index in [2.05, 4.69) is 10.2 Å². The molecule has 2 aliphatic rings. The maximum absolute atomic E-state index is 12.0. The first kappa shape index (κ1) is 13.9. The number of rotatable bonds is 3. The van der Waals surface area contributed by atoms with Crippen LogP contribution in [0.4, 0.5) is 5.69 Å². The van der Waals surface area contributed by atoms with Gasteiger partial charge >= 0.3 is 0 Å². The van der Waals surface area contributed by atoms with E-state index < -0.39 is 9.84 Å². The van der Waals surface area contributed by atoms with Crippen molar-refractivity contribution in [2.24, 2.45) is 0 Å². The number of para-hydroxylation sites is 1. The van der Waals surface area contributed by atoms with Gasteiger partial charge in [0.15, 0.2) is 9.84 Å². The Labute approximate surface area is 121 Å². The van der Waals surface area contributed by atoms with Crippen molar-refractivity contribution in [2.45, 2.75) is 31.3 Å². The van der Waals surface area contributed by atoms with Crippen LogP contribution in [0.15, 0.2) is 30.3 Å². The molecule has 0 spiro atoms. The molecule has 0 amide bonds. The monoisotopic (exact) mass is 294 g/mol. The van der Waals surface area contributed by atoms with E-state index in [1.165, 1.54) is 19.3 Å². The zero-order valence-corrected chi connectivity index (χ0v) is 12.5. The van der Waals surface area contributed by atoms with Crippen molar-refractivity contribution in [1.29, 1.82) is 0 Å². The number of piperidine rings is 1. The Morgan fingerprint density at radius 3 is 2.40 bits per heavy atom. The van der Waals surface area contributed by atoms with Crippen LogP contribution in [-0.4, -0.2) is 50.0 Å². The third kappa shape index (κ3) is 3.15. The van der Waals surface area contributed by atoms with Gasteiger partial charge < -0.3 is 5.32 Å². The Kier molecular flexibility index (Phi) is 3.98. The van der Waals surface area contributed by atoms with Gasteiger partial charge in [-0.2, -0.15) is 0 Å². The molecular weight excluding hydrogens is 272 g/mol. The smallest absolute Gasteiger partial charge is 0.153 e. The van der Waals surface area contributed by atoms with Gasteiger partial charge in [0.2, 0.25) is 0 Å². The van der Waals surface area contributed by atoms with Crippen molar-refractivity contribution in [3.05, 3.63) is 30.3 Å². The van der Waals surface area contributed by atoms with Crippen molar-refractivity contribution in [3.8, 4) is 0 Å². The lowest BCUT2D eigenvalue weighted by Crippen LogP contribution is -2.48. The van der Waals surface area contributed by atoms with Gasteiger partial charge in [-0.1, -0.05) is 24.6 Å². The summed E-state index contributed by atoms with van der Waals surface area (Å²) in [5.74, 6) is 0.556. The molecule has 0 radical (unpaired) electrons. The molecule has 0 unspecified atom stereocenters. The van der Waals surface area contributed by atoms with Gasteiger partial charge in [0, 0.05) is 11.7 Å². The van der Waals surface area contributed by atoms with Crippen LogP contribution in [0.25, 0.3) is 0 Å². The summed E-state index contributed by atoms with van der Waals surface area (Å²) in [5.41, 5.74) is 1.01. The number of hydrogen-bond acceptors (Lipinski definition) is 4. The van der Waals surface area contributed by atoms with Crippen LogP contribution in [0.1, 0.15) is 19.3 Å². The first-order chi connectivity index (χ1) is 9.64. The molecule has 3 rings (SSSR count). The first-order valence-corrected chi connectivity index (χ1v) is 9.22. The highest BCUT2D eigenvalue weighted by Gasteiger charge is 2.41. The molecule has 2 fully saturated rings. The van der Waals surface area contributed by atoms with E-state index in [-0.39, 0.29) is 17.8 Å². The van der Waals surface area contributed by atoms with Crippen LogP contribution in [0.3, 0.4) is 0 Å². The summed E-state index contributed by atoms with van der Waals surface area (Å²) in [4.78, 5) is 2.37. The number of likely N-dealkylation sites (tertiary alicyclic amines) is 1. The van der Waals surface area contributed by atoms with Crippen molar-refractivity contribution >= 4 is 15.5 Å². The fourth-order valence-electron chi connectivity index (χ4n) is 3.33. The lowest BCUT2D eigenvalue weighted by molar-refractivity contribution is 0.170. The van der Waals surface area contributed by atoms with Crippen molar-refractivity contribution in [3.63, 3.8) is 0 Å². The van der Waals surface area contributed by atoms with Gasteiger partial charge in [-0.3, -0.25) is 4.90 Å². The molecule has 1 aromatic carbocycles. The quantitative estimate of drug-likeness (QED) is 0.923. The van der Waals surface area contributed by atoms with Crippen molar-refractivity contribution in [1.82, 2.24) is 4.90 Å². The molecule has 1 aromatic rings. The summed E-state index contributed by atoms with van der Waals surface area (Å²) >= 11 is 0. The van der Waals surface area contributed by atoms with E-state index in [1.54, 1.807) is 0 Å². The Morgan fingerprint density at radius 2 is 1.70 bits per heavy atom. The van der Waals surface area contributed by atoms with Crippen LogP contribution in [0.5, 0.6) is 0 Å². The molecule has 2 atom stereocenters. The molecule has 0 bridgehead atoms. The fraction of sp³-hybridized carbons (Fsp3) is 0.600. The molecule has 4 nitrogen and oxygen atoms in total. The minimum absolute atomic E-state index is 0.0144. The van der Waals surface area contributed by atoms with E-state index in [1.807, 2.05) is 30.3 Å². The number of benzene rings is 1. The molecule has 0 aromatic heterocycles. The number of anilines is 1. The van der Waals surface area contributed by atoms with Gasteiger partial charge in [0.05, 0.1) is 17.5 Å². The molecule has 5 heteroatoms. The Balaban J connectivity index is 1.76. The molecule has 2 aliphatic heterocycles. The molecule has 0 aliphatic carbocycles. The maximum Gasteiger partial charge on any atom is 0.153 e. The molecule has 2 saturated heterocycles. The molecule has 110 valence electrons. The third-order valence-electron chi connectivity index (χ3n) is 4.31. The van der Waals surface area contributed by atoms with E-state index in [9.17, 15) is 8.42 Å². The topological polar surface area (TPSA) is 49.4 Å². The second kappa shape index (κ2) is 5.74. The van der Waals surface area contributed by atoms with E-state index in [4.69, 9.17) is 0 Å². The third-order valence-corrected chi connectivity index (χ3v) is 6.02. The van der Waals surface area contributed by atoms with Gasteiger partial charge in [0.25, 0.3) is 0 Å². The first-order valence-electron chi connectivity index (χ1n) is 7.40. The average Bonchev–Trinajstić information content (AvgIpc) is 2.76. The van der Waals surface area contributed by atoms with Gasteiger partial charge in [-0.15, -0.1) is 0 Å². The minimum Gasteiger partial charge on any atom is -0.380 e. The van der Waals surface area contributed by atoms with Gasteiger partial charge in [-0.25, -0.2) is 8.42 Å². The highest BCUT2D eigenvalue weighted by molar-refractivity contribution is 7.91. The van der Waals surface area contributed by atoms with Gasteiger partial charge in [-0.05, 0) is 38.1 Å². The average molecular weight is 294 g/mol. The summed E-state index contributed by atoms with van der Waals surface area (Å²) < 4.78 is 24.0. The Morgan fingerprint density at radius 1 is 1.00 bits per heavy atom. The van der Waals surface area contributed by atoms with Crippen molar-refractivity contribution < 1.29 is 8.42 Å². The lowest BCUT2D eigenvalue weighted by Gasteiger charge is -2.35. The maximum atomic E-state index is 12.0. The second-order valence-corrected chi connectivity index (χ2v) is 8.01. The molecular formula is C15H22N2O2S. The standard InChI is InChI=1S/C15H22N2O2S/c18-20(19)11-14(16-13-7-3-1-4-8-13)15(12-20)17-9-5-2-6-10-17/h1,3-4,7-8,14-16H,2,5-6,9-12H2/t14-,15+/m1/s1. The highest BCUT2D eigenvalue weighted by Crippen LogP contribution is 2.24. The Bertz CT molecular complexity index is 538. The van der Waals surface area contributed by atoms with Crippen LogP contribution >= 0.6 is 0 Å². The van der Waals surface area contributed by atoms with Crippen LogP contribution in [-0.2, 0) is 9.84 Å². The van der Waals surface area contributed by atoms with Crippen molar-refractivity contribution in [2.75, 3.05) is 29.9 Å².